The first-order valence-electron chi connectivity index (χ1n) is 7.37. The molecule has 3 nitrogen and oxygen atoms in total. The number of rotatable bonds is 3. The topological polar surface area (TPSA) is 51.2 Å². The van der Waals surface area contributed by atoms with E-state index in [-0.39, 0.29) is 6.04 Å². The highest BCUT2D eigenvalue weighted by atomic mass is 16.3. The van der Waals surface area contributed by atoms with Gasteiger partial charge in [0, 0.05) is 24.0 Å². The number of hydrogen-bond donors (Lipinski definition) is 2. The average molecular weight is 270 g/mol. The van der Waals surface area contributed by atoms with Gasteiger partial charge in [-0.3, -0.25) is 0 Å². The zero-order chi connectivity index (χ0) is 14.1. The summed E-state index contributed by atoms with van der Waals surface area (Å²) in [5, 5.41) is 9.32. The Morgan fingerprint density at radius 3 is 2.80 bits per heavy atom. The van der Waals surface area contributed by atoms with Crippen molar-refractivity contribution in [3.8, 4) is 5.75 Å². The lowest BCUT2D eigenvalue weighted by Crippen LogP contribution is -2.18. The number of aryl methyl sites for hydroxylation is 2. The van der Waals surface area contributed by atoms with Gasteiger partial charge in [-0.25, -0.2) is 0 Å². The number of nitrogens with two attached hydrogens (primary N) is 1. The van der Waals surface area contributed by atoms with E-state index >= 15 is 0 Å². The quantitative estimate of drug-likeness (QED) is 0.900. The smallest absolute Gasteiger partial charge is 0.115 e. The second-order valence-corrected chi connectivity index (χ2v) is 5.75. The van der Waals surface area contributed by atoms with Gasteiger partial charge >= 0.3 is 0 Å². The average Bonchev–Trinajstić information content (AvgIpc) is 2.76. The van der Waals surface area contributed by atoms with Gasteiger partial charge in [0.15, 0.2) is 0 Å². The number of benzene rings is 1. The molecule has 1 atom stereocenters. The maximum absolute atomic E-state index is 9.32. The zero-order valence-corrected chi connectivity index (χ0v) is 12.0. The zero-order valence-electron chi connectivity index (χ0n) is 12.0. The van der Waals surface area contributed by atoms with Crippen LogP contribution in [-0.2, 0) is 19.4 Å². The third-order valence-corrected chi connectivity index (χ3v) is 4.34. The first-order chi connectivity index (χ1) is 9.65. The third-order valence-electron chi connectivity index (χ3n) is 4.34. The fourth-order valence-corrected chi connectivity index (χ4v) is 3.22. The molecule has 3 rings (SSSR count). The Bertz CT molecular complexity index is 598. The van der Waals surface area contributed by atoms with E-state index in [1.54, 1.807) is 12.1 Å². The molecule has 1 aliphatic rings. The van der Waals surface area contributed by atoms with Crippen LogP contribution < -0.4 is 5.73 Å². The van der Waals surface area contributed by atoms with Crippen LogP contribution in [0.4, 0.5) is 0 Å². The Morgan fingerprint density at radius 2 is 2.05 bits per heavy atom. The molecule has 0 radical (unpaired) electrons. The maximum atomic E-state index is 9.32. The molecule has 0 amide bonds. The van der Waals surface area contributed by atoms with E-state index in [0.717, 1.165) is 25.8 Å². The van der Waals surface area contributed by atoms with Gasteiger partial charge in [0.1, 0.15) is 5.75 Å². The van der Waals surface area contributed by atoms with Gasteiger partial charge in [-0.15, -0.1) is 0 Å². The molecule has 1 aromatic carbocycles. The molecule has 0 aliphatic heterocycles. The molecule has 1 heterocycles. The van der Waals surface area contributed by atoms with Crippen molar-refractivity contribution in [1.29, 1.82) is 0 Å². The number of aromatic hydroxyl groups is 1. The summed E-state index contributed by atoms with van der Waals surface area (Å²) in [5.41, 5.74) is 11.6. The van der Waals surface area contributed by atoms with Crippen molar-refractivity contribution in [2.24, 2.45) is 5.73 Å². The lowest BCUT2D eigenvalue weighted by Gasteiger charge is -2.21. The molecule has 0 saturated heterocycles. The molecular formula is C17H22N2O. The number of phenolic OH excluding ortho intramolecular Hbond substituents is 1. The number of phenols is 1. The van der Waals surface area contributed by atoms with Gasteiger partial charge < -0.3 is 15.4 Å². The molecule has 1 aliphatic carbocycles. The molecule has 3 N–H and O–H groups in total. The third kappa shape index (κ3) is 2.46. The monoisotopic (exact) mass is 270 g/mol. The largest absolute Gasteiger partial charge is 0.508 e. The van der Waals surface area contributed by atoms with Crippen LogP contribution in [0.5, 0.6) is 5.75 Å². The van der Waals surface area contributed by atoms with E-state index in [0.29, 0.717) is 5.75 Å². The minimum Gasteiger partial charge on any atom is -0.508 e. The molecule has 0 saturated carbocycles. The van der Waals surface area contributed by atoms with E-state index in [4.69, 9.17) is 5.73 Å². The SMILES string of the molecule is Cc1cc2c(n1CCc1ccc(O)cc1)CCCC2N. The number of fused-ring (bicyclic) bond motifs is 1. The van der Waals surface area contributed by atoms with Crippen LogP contribution in [0.3, 0.4) is 0 Å². The molecule has 0 fully saturated rings. The Kier molecular flexibility index (Phi) is 3.53. The molecule has 106 valence electrons. The first kappa shape index (κ1) is 13.3. The van der Waals surface area contributed by atoms with Gasteiger partial charge in [-0.2, -0.15) is 0 Å². The maximum Gasteiger partial charge on any atom is 0.115 e. The fourth-order valence-electron chi connectivity index (χ4n) is 3.22. The van der Waals surface area contributed by atoms with Gasteiger partial charge in [0.2, 0.25) is 0 Å². The minimum atomic E-state index is 0.215. The highest BCUT2D eigenvalue weighted by molar-refractivity contribution is 5.33. The lowest BCUT2D eigenvalue weighted by atomic mass is 9.93. The Hall–Kier alpha value is -1.74. The fraction of sp³-hybridized carbons (Fsp3) is 0.412. The van der Waals surface area contributed by atoms with E-state index < -0.39 is 0 Å². The van der Waals surface area contributed by atoms with Crippen molar-refractivity contribution in [3.63, 3.8) is 0 Å². The van der Waals surface area contributed by atoms with Gasteiger partial charge in [-0.1, -0.05) is 12.1 Å². The second-order valence-electron chi connectivity index (χ2n) is 5.75. The van der Waals surface area contributed by atoms with Crippen LogP contribution in [0.15, 0.2) is 30.3 Å². The molecule has 1 aromatic heterocycles. The Labute approximate surface area is 120 Å². The van der Waals surface area contributed by atoms with E-state index in [9.17, 15) is 5.11 Å². The lowest BCUT2D eigenvalue weighted by molar-refractivity contribution is 0.475. The van der Waals surface area contributed by atoms with Crippen molar-refractivity contribution in [2.45, 2.75) is 45.2 Å². The van der Waals surface area contributed by atoms with Crippen molar-refractivity contribution < 1.29 is 5.11 Å². The normalized spacial score (nSPS) is 18.0. The molecule has 0 bridgehead atoms. The number of aromatic nitrogens is 1. The summed E-state index contributed by atoms with van der Waals surface area (Å²) in [6, 6.07) is 9.97. The van der Waals surface area contributed by atoms with E-state index in [1.165, 1.54) is 28.9 Å². The predicted octanol–water partition coefficient (Wildman–Crippen LogP) is 3.08. The molecule has 1 unspecified atom stereocenters. The summed E-state index contributed by atoms with van der Waals surface area (Å²) in [4.78, 5) is 0. The molecule has 3 heteroatoms. The van der Waals surface area contributed by atoms with Crippen molar-refractivity contribution >= 4 is 0 Å². The highest BCUT2D eigenvalue weighted by Gasteiger charge is 2.21. The van der Waals surface area contributed by atoms with E-state index in [2.05, 4.69) is 17.6 Å². The van der Waals surface area contributed by atoms with Crippen molar-refractivity contribution in [1.82, 2.24) is 4.57 Å². The Morgan fingerprint density at radius 1 is 1.30 bits per heavy atom. The number of hydrogen-bond acceptors (Lipinski definition) is 2. The van der Waals surface area contributed by atoms with Gasteiger partial charge in [0.05, 0.1) is 0 Å². The summed E-state index contributed by atoms with van der Waals surface area (Å²) >= 11 is 0. The van der Waals surface area contributed by atoms with Gasteiger partial charge in [0.25, 0.3) is 0 Å². The van der Waals surface area contributed by atoms with Crippen LogP contribution in [-0.4, -0.2) is 9.67 Å². The van der Waals surface area contributed by atoms with Gasteiger partial charge in [-0.05, 0) is 61.9 Å². The standard InChI is InChI=1S/C17H22N2O/c1-12-11-15-16(18)3-2-4-17(15)19(12)10-9-13-5-7-14(20)8-6-13/h5-8,11,16,20H,2-4,9-10,18H2,1H3. The van der Waals surface area contributed by atoms with Crippen molar-refractivity contribution in [2.75, 3.05) is 0 Å². The molecular weight excluding hydrogens is 248 g/mol. The summed E-state index contributed by atoms with van der Waals surface area (Å²) in [6.45, 7) is 3.15. The van der Waals surface area contributed by atoms with E-state index in [1.807, 2.05) is 12.1 Å². The second kappa shape index (κ2) is 5.33. The van der Waals surface area contributed by atoms with Crippen molar-refractivity contribution in [3.05, 3.63) is 52.8 Å². The summed E-state index contributed by atoms with van der Waals surface area (Å²) < 4.78 is 2.42. The van der Waals surface area contributed by atoms with Crippen LogP contribution in [0.25, 0.3) is 0 Å². The van der Waals surface area contributed by atoms with Crippen LogP contribution in [0.1, 0.15) is 41.4 Å². The highest BCUT2D eigenvalue weighted by Crippen LogP contribution is 2.30. The summed E-state index contributed by atoms with van der Waals surface area (Å²) in [7, 11) is 0. The minimum absolute atomic E-state index is 0.215. The Balaban J connectivity index is 1.79. The van der Waals surface area contributed by atoms with Crippen LogP contribution in [0.2, 0.25) is 0 Å². The predicted molar refractivity (Wildman–Crippen MR) is 80.8 cm³/mol. The molecule has 2 aromatic rings. The van der Waals surface area contributed by atoms with Crippen LogP contribution in [0, 0.1) is 6.92 Å². The summed E-state index contributed by atoms with van der Waals surface area (Å²) in [5.74, 6) is 0.328. The van der Waals surface area contributed by atoms with Crippen LogP contribution >= 0.6 is 0 Å². The summed E-state index contributed by atoms with van der Waals surface area (Å²) in [6.07, 6.45) is 4.43. The first-order valence-corrected chi connectivity index (χ1v) is 7.37. The molecule has 0 spiro atoms. The number of nitrogens with zero attached hydrogens (tertiary/aromatic N) is 1. The molecule has 20 heavy (non-hydrogen) atoms.